The van der Waals surface area contributed by atoms with Crippen LogP contribution in [0.15, 0.2) is 23.8 Å². The van der Waals surface area contributed by atoms with Crippen LogP contribution in [0.5, 0.6) is 5.88 Å². The number of pyridine rings is 1. The summed E-state index contributed by atoms with van der Waals surface area (Å²) in [6.07, 6.45) is 3.91. The van der Waals surface area contributed by atoms with Gasteiger partial charge >= 0.3 is 0 Å². The van der Waals surface area contributed by atoms with Crippen LogP contribution in [-0.2, 0) is 6.42 Å². The zero-order chi connectivity index (χ0) is 15.1. The van der Waals surface area contributed by atoms with Crippen molar-refractivity contribution in [2.24, 2.45) is 0 Å². The molecule has 114 valence electrons. The summed E-state index contributed by atoms with van der Waals surface area (Å²) in [7, 11) is 0. The van der Waals surface area contributed by atoms with Gasteiger partial charge in [-0.05, 0) is 32.4 Å². The lowest BCUT2D eigenvalue weighted by Gasteiger charge is -2.13. The lowest BCUT2D eigenvalue weighted by Crippen LogP contribution is -2.19. The van der Waals surface area contributed by atoms with Gasteiger partial charge in [-0.1, -0.05) is 13.0 Å². The van der Waals surface area contributed by atoms with Gasteiger partial charge in [-0.3, -0.25) is 0 Å². The largest absolute Gasteiger partial charge is 0.477 e. The molecule has 2 heterocycles. The molecule has 2 rings (SSSR count). The van der Waals surface area contributed by atoms with E-state index in [2.05, 4.69) is 35.2 Å². The average molecular weight is 305 g/mol. The summed E-state index contributed by atoms with van der Waals surface area (Å²) in [4.78, 5) is 9.89. The number of thiazole rings is 1. The number of aryl methyl sites for hydroxylation is 1. The summed E-state index contributed by atoms with van der Waals surface area (Å²) in [5, 5.41) is 3.45. The molecule has 0 radical (unpaired) electrons. The number of nitrogens with zero attached hydrogens (tertiary/aromatic N) is 2. The van der Waals surface area contributed by atoms with Crippen molar-refractivity contribution in [3.8, 4) is 5.88 Å². The van der Waals surface area contributed by atoms with Gasteiger partial charge in [0.05, 0.1) is 17.8 Å². The Kier molecular flexibility index (Phi) is 6.14. The molecule has 1 atom stereocenters. The highest BCUT2D eigenvalue weighted by Gasteiger charge is 2.06. The quantitative estimate of drug-likeness (QED) is 0.810. The number of aromatic nitrogens is 2. The summed E-state index contributed by atoms with van der Waals surface area (Å²) in [5.74, 6) is 0.684. The molecular formula is C16H23N3OS. The Hall–Kier alpha value is -1.46. The van der Waals surface area contributed by atoms with Crippen LogP contribution in [0.4, 0.5) is 0 Å². The SMILES string of the molecule is CCCNC(C)c1ccc(OCCc2scnc2C)nc1. The summed E-state index contributed by atoms with van der Waals surface area (Å²) < 4.78 is 5.70. The van der Waals surface area contributed by atoms with Gasteiger partial charge in [-0.2, -0.15) is 0 Å². The third kappa shape index (κ3) is 4.79. The minimum Gasteiger partial charge on any atom is -0.477 e. The second-order valence-corrected chi connectivity index (χ2v) is 6.00. The van der Waals surface area contributed by atoms with E-state index in [1.165, 1.54) is 10.4 Å². The maximum atomic E-state index is 5.70. The van der Waals surface area contributed by atoms with Gasteiger partial charge in [0.25, 0.3) is 0 Å². The molecule has 0 aromatic carbocycles. The predicted molar refractivity (Wildman–Crippen MR) is 87.0 cm³/mol. The van der Waals surface area contributed by atoms with E-state index in [1.807, 2.05) is 24.7 Å². The van der Waals surface area contributed by atoms with Crippen molar-refractivity contribution in [1.29, 1.82) is 0 Å². The predicted octanol–water partition coefficient (Wildman–Crippen LogP) is 3.53. The molecule has 21 heavy (non-hydrogen) atoms. The van der Waals surface area contributed by atoms with Gasteiger partial charge < -0.3 is 10.1 Å². The van der Waals surface area contributed by atoms with E-state index in [9.17, 15) is 0 Å². The molecule has 5 heteroatoms. The third-order valence-corrected chi connectivity index (χ3v) is 4.38. The molecule has 0 saturated heterocycles. The summed E-state index contributed by atoms with van der Waals surface area (Å²) >= 11 is 1.68. The smallest absolute Gasteiger partial charge is 0.213 e. The normalized spacial score (nSPS) is 12.3. The molecule has 0 amide bonds. The summed E-state index contributed by atoms with van der Waals surface area (Å²) in [6.45, 7) is 8.01. The van der Waals surface area contributed by atoms with Gasteiger partial charge in [0.1, 0.15) is 0 Å². The average Bonchev–Trinajstić information content (AvgIpc) is 2.91. The number of rotatable bonds is 8. The number of ether oxygens (including phenoxy) is 1. The molecule has 0 fully saturated rings. The van der Waals surface area contributed by atoms with E-state index in [1.54, 1.807) is 11.3 Å². The molecule has 1 unspecified atom stereocenters. The molecule has 2 aromatic heterocycles. The van der Waals surface area contributed by atoms with E-state index in [-0.39, 0.29) is 0 Å². The van der Waals surface area contributed by atoms with Gasteiger partial charge in [-0.15, -0.1) is 11.3 Å². The van der Waals surface area contributed by atoms with Crippen LogP contribution in [0.1, 0.15) is 42.4 Å². The highest BCUT2D eigenvalue weighted by Crippen LogP contribution is 2.16. The lowest BCUT2D eigenvalue weighted by molar-refractivity contribution is 0.310. The second-order valence-electron chi connectivity index (χ2n) is 5.06. The Morgan fingerprint density at radius 1 is 1.33 bits per heavy atom. The third-order valence-electron chi connectivity index (χ3n) is 3.38. The Bertz CT molecular complexity index is 539. The van der Waals surface area contributed by atoms with Crippen molar-refractivity contribution < 1.29 is 4.74 Å². The highest BCUT2D eigenvalue weighted by molar-refractivity contribution is 7.09. The van der Waals surface area contributed by atoms with Gasteiger partial charge in [0, 0.05) is 29.6 Å². The van der Waals surface area contributed by atoms with E-state index < -0.39 is 0 Å². The van der Waals surface area contributed by atoms with Crippen molar-refractivity contribution in [3.63, 3.8) is 0 Å². The number of hydrogen-bond acceptors (Lipinski definition) is 5. The first kappa shape index (κ1) is 15.9. The fourth-order valence-corrected chi connectivity index (χ4v) is 2.79. The van der Waals surface area contributed by atoms with Crippen molar-refractivity contribution >= 4 is 11.3 Å². The van der Waals surface area contributed by atoms with Crippen LogP contribution in [-0.4, -0.2) is 23.1 Å². The Balaban J connectivity index is 1.81. The van der Waals surface area contributed by atoms with Crippen LogP contribution < -0.4 is 10.1 Å². The van der Waals surface area contributed by atoms with Crippen molar-refractivity contribution in [1.82, 2.24) is 15.3 Å². The molecule has 0 aliphatic carbocycles. The molecule has 0 spiro atoms. The molecular weight excluding hydrogens is 282 g/mol. The number of nitrogens with one attached hydrogen (secondary N) is 1. The van der Waals surface area contributed by atoms with E-state index in [4.69, 9.17) is 4.74 Å². The first-order chi connectivity index (χ1) is 10.2. The van der Waals surface area contributed by atoms with Crippen LogP contribution in [0.2, 0.25) is 0 Å². The Labute approximate surface area is 130 Å². The monoisotopic (exact) mass is 305 g/mol. The first-order valence-corrected chi connectivity index (χ1v) is 8.29. The molecule has 0 bridgehead atoms. The van der Waals surface area contributed by atoms with Crippen LogP contribution in [0.25, 0.3) is 0 Å². The number of hydrogen-bond donors (Lipinski definition) is 1. The zero-order valence-corrected chi connectivity index (χ0v) is 13.7. The minimum absolute atomic E-state index is 0.325. The minimum atomic E-state index is 0.325. The van der Waals surface area contributed by atoms with E-state index in [0.29, 0.717) is 18.5 Å². The fraction of sp³-hybridized carbons (Fsp3) is 0.500. The van der Waals surface area contributed by atoms with Crippen LogP contribution in [0.3, 0.4) is 0 Å². The lowest BCUT2D eigenvalue weighted by atomic mass is 10.1. The van der Waals surface area contributed by atoms with Crippen LogP contribution in [0, 0.1) is 6.92 Å². The molecule has 1 N–H and O–H groups in total. The van der Waals surface area contributed by atoms with E-state index >= 15 is 0 Å². The van der Waals surface area contributed by atoms with Gasteiger partial charge in [0.2, 0.25) is 5.88 Å². The molecule has 2 aromatic rings. The van der Waals surface area contributed by atoms with E-state index in [0.717, 1.165) is 25.1 Å². The maximum Gasteiger partial charge on any atom is 0.213 e. The van der Waals surface area contributed by atoms with Crippen molar-refractivity contribution in [3.05, 3.63) is 40.0 Å². The molecule has 0 aliphatic heterocycles. The van der Waals surface area contributed by atoms with Crippen LogP contribution >= 0.6 is 11.3 Å². The Morgan fingerprint density at radius 2 is 2.19 bits per heavy atom. The topological polar surface area (TPSA) is 47.0 Å². The van der Waals surface area contributed by atoms with Gasteiger partial charge in [0.15, 0.2) is 0 Å². The molecule has 0 saturated carbocycles. The second kappa shape index (κ2) is 8.10. The fourth-order valence-electron chi connectivity index (χ4n) is 2.03. The molecule has 0 aliphatic rings. The summed E-state index contributed by atoms with van der Waals surface area (Å²) in [5.41, 5.74) is 4.17. The highest BCUT2D eigenvalue weighted by atomic mass is 32.1. The summed E-state index contributed by atoms with van der Waals surface area (Å²) in [6, 6.07) is 4.35. The zero-order valence-electron chi connectivity index (χ0n) is 12.9. The molecule has 4 nitrogen and oxygen atoms in total. The van der Waals surface area contributed by atoms with Gasteiger partial charge in [-0.25, -0.2) is 9.97 Å². The Morgan fingerprint density at radius 3 is 2.81 bits per heavy atom. The first-order valence-electron chi connectivity index (χ1n) is 7.41. The van der Waals surface area contributed by atoms with Crippen molar-refractivity contribution in [2.75, 3.05) is 13.2 Å². The standard InChI is InChI=1S/C16H23N3OS/c1-4-8-17-12(2)14-5-6-16(18-10-14)20-9-7-15-13(3)19-11-21-15/h5-6,10-12,17H,4,7-9H2,1-3H3. The maximum absolute atomic E-state index is 5.70. The van der Waals surface area contributed by atoms with Crippen molar-refractivity contribution in [2.45, 2.75) is 39.7 Å².